The van der Waals surface area contributed by atoms with E-state index in [1.165, 1.54) is 4.88 Å². The van der Waals surface area contributed by atoms with Crippen LogP contribution in [0.25, 0.3) is 10.2 Å². The first-order valence-corrected chi connectivity index (χ1v) is 12.1. The van der Waals surface area contributed by atoms with Crippen LogP contribution in [0.15, 0.2) is 6.07 Å². The van der Waals surface area contributed by atoms with Crippen molar-refractivity contribution in [1.29, 1.82) is 0 Å². The molecule has 0 aromatic carbocycles. The van der Waals surface area contributed by atoms with E-state index in [4.69, 9.17) is 16.3 Å². The number of anilines is 1. The molecule has 31 heavy (non-hydrogen) atoms. The number of morpholine rings is 1. The van der Waals surface area contributed by atoms with E-state index in [9.17, 15) is 4.79 Å². The highest BCUT2D eigenvalue weighted by Gasteiger charge is 2.45. The second-order valence-electron chi connectivity index (χ2n) is 9.15. The molecule has 2 aromatic rings. The summed E-state index contributed by atoms with van der Waals surface area (Å²) in [5, 5.41) is 0.306. The third-order valence-electron chi connectivity index (χ3n) is 6.66. The lowest BCUT2D eigenvalue weighted by Crippen LogP contribution is -2.60. The highest BCUT2D eigenvalue weighted by Crippen LogP contribution is 2.42. The van der Waals surface area contributed by atoms with E-state index in [0.29, 0.717) is 10.7 Å². The number of rotatable bonds is 3. The second-order valence-corrected chi connectivity index (χ2v) is 10.6. The quantitative estimate of drug-likeness (QED) is 0.651. The van der Waals surface area contributed by atoms with Crippen LogP contribution in [0.3, 0.4) is 0 Å². The monoisotopic (exact) mass is 464 g/mol. The molecule has 5 heterocycles. The van der Waals surface area contributed by atoms with Crippen LogP contribution in [0.5, 0.6) is 0 Å². The maximum Gasteiger partial charge on any atom is 0.319 e. The molecule has 0 N–H and O–H groups in total. The highest BCUT2D eigenvalue weighted by atomic mass is 35.5. The molecule has 0 saturated carbocycles. The van der Waals surface area contributed by atoms with Gasteiger partial charge in [0.2, 0.25) is 5.28 Å². The molecule has 0 aliphatic carbocycles. The Morgan fingerprint density at radius 1 is 1.19 bits per heavy atom. The van der Waals surface area contributed by atoms with Crippen molar-refractivity contribution < 1.29 is 9.53 Å². The van der Waals surface area contributed by atoms with Crippen LogP contribution in [0.2, 0.25) is 5.28 Å². The lowest BCUT2D eigenvalue weighted by atomic mass is 9.72. The van der Waals surface area contributed by atoms with E-state index in [-0.39, 0.29) is 6.03 Å². The van der Waals surface area contributed by atoms with Crippen molar-refractivity contribution in [2.24, 2.45) is 5.41 Å². The van der Waals surface area contributed by atoms with Crippen molar-refractivity contribution in [1.82, 2.24) is 24.7 Å². The van der Waals surface area contributed by atoms with Crippen LogP contribution >= 0.6 is 22.9 Å². The number of carbonyl (C=O) groups excluding carboxylic acids is 1. The smallest absolute Gasteiger partial charge is 0.319 e. The number of halogens is 1. The summed E-state index contributed by atoms with van der Waals surface area (Å²) >= 11 is 8.01. The van der Waals surface area contributed by atoms with E-state index in [0.717, 1.165) is 87.9 Å². The predicted molar refractivity (Wildman–Crippen MR) is 123 cm³/mol. The van der Waals surface area contributed by atoms with Crippen molar-refractivity contribution in [3.05, 3.63) is 16.2 Å². The molecule has 0 radical (unpaired) electrons. The molecular weight excluding hydrogens is 436 g/mol. The Morgan fingerprint density at radius 3 is 2.58 bits per heavy atom. The Balaban J connectivity index is 1.23. The van der Waals surface area contributed by atoms with Gasteiger partial charge in [-0.1, -0.05) is 0 Å². The summed E-state index contributed by atoms with van der Waals surface area (Å²) in [5.41, 5.74) is 1.31. The molecule has 3 aliphatic rings. The summed E-state index contributed by atoms with van der Waals surface area (Å²) in [5.74, 6) is 0.938. The normalized spacial score (nSPS) is 21.5. The van der Waals surface area contributed by atoms with Gasteiger partial charge in [-0.05, 0) is 35.9 Å². The molecule has 0 atom stereocenters. The van der Waals surface area contributed by atoms with E-state index in [2.05, 4.69) is 25.8 Å². The van der Waals surface area contributed by atoms with Gasteiger partial charge in [-0.2, -0.15) is 4.98 Å². The minimum absolute atomic E-state index is 0.132. The lowest BCUT2D eigenvalue weighted by Gasteiger charge is -2.54. The van der Waals surface area contributed by atoms with Gasteiger partial charge >= 0.3 is 6.03 Å². The van der Waals surface area contributed by atoms with Crippen molar-refractivity contribution in [2.75, 3.05) is 71.5 Å². The molecule has 1 spiro atoms. The average Bonchev–Trinajstić information content (AvgIpc) is 3.14. The number of hydrogen-bond donors (Lipinski definition) is 0. The first-order valence-electron chi connectivity index (χ1n) is 10.9. The molecule has 8 nitrogen and oxygen atoms in total. The molecule has 2 aromatic heterocycles. The maximum atomic E-state index is 12.2. The first-order chi connectivity index (χ1) is 14.9. The summed E-state index contributed by atoms with van der Waals surface area (Å²) in [6.45, 7) is 7.97. The summed E-state index contributed by atoms with van der Waals surface area (Å²) in [7, 11) is 3.65. The number of nitrogens with zero attached hydrogens (tertiary/aromatic N) is 6. The zero-order valence-electron chi connectivity index (χ0n) is 18.1. The van der Waals surface area contributed by atoms with Gasteiger partial charge in [0.1, 0.15) is 0 Å². The molecular formula is C21H29ClN6O2S. The minimum Gasteiger partial charge on any atom is -0.378 e. The van der Waals surface area contributed by atoms with E-state index in [1.54, 1.807) is 16.2 Å². The third-order valence-corrected chi connectivity index (χ3v) is 7.94. The van der Waals surface area contributed by atoms with Crippen molar-refractivity contribution in [3.63, 3.8) is 0 Å². The Bertz CT molecular complexity index is 960. The number of amides is 2. The van der Waals surface area contributed by atoms with Crippen LogP contribution in [-0.2, 0) is 11.3 Å². The molecule has 3 aliphatic heterocycles. The molecule has 0 unspecified atom stereocenters. The maximum absolute atomic E-state index is 12.2. The molecule has 10 heteroatoms. The summed E-state index contributed by atoms with van der Waals surface area (Å²) in [4.78, 5) is 30.9. The number of fused-ring (bicyclic) bond motifs is 1. The van der Waals surface area contributed by atoms with E-state index >= 15 is 0 Å². The predicted octanol–water partition coefficient (Wildman–Crippen LogP) is 2.76. The van der Waals surface area contributed by atoms with Crippen LogP contribution < -0.4 is 4.90 Å². The number of ether oxygens (including phenoxy) is 1. The van der Waals surface area contributed by atoms with Gasteiger partial charge < -0.3 is 19.4 Å². The number of piperidine rings is 1. The van der Waals surface area contributed by atoms with Crippen molar-refractivity contribution in [3.8, 4) is 0 Å². The van der Waals surface area contributed by atoms with Crippen molar-refractivity contribution in [2.45, 2.75) is 19.4 Å². The first kappa shape index (κ1) is 21.2. The lowest BCUT2D eigenvalue weighted by molar-refractivity contribution is -0.0450. The zero-order valence-corrected chi connectivity index (χ0v) is 19.7. The molecule has 3 fully saturated rings. The molecule has 2 amide bonds. The molecule has 0 bridgehead atoms. The largest absolute Gasteiger partial charge is 0.378 e. The van der Waals surface area contributed by atoms with E-state index in [1.807, 2.05) is 19.0 Å². The van der Waals surface area contributed by atoms with E-state index < -0.39 is 0 Å². The van der Waals surface area contributed by atoms with Gasteiger partial charge in [0.25, 0.3) is 0 Å². The van der Waals surface area contributed by atoms with Crippen LogP contribution in [-0.4, -0.2) is 97.3 Å². The number of likely N-dealkylation sites (tertiary alicyclic amines) is 2. The number of hydrogen-bond acceptors (Lipinski definition) is 7. The van der Waals surface area contributed by atoms with Gasteiger partial charge in [-0.15, -0.1) is 11.3 Å². The Morgan fingerprint density at radius 2 is 1.90 bits per heavy atom. The fourth-order valence-corrected chi connectivity index (χ4v) is 6.34. The Kier molecular flexibility index (Phi) is 5.70. The fourth-order valence-electron chi connectivity index (χ4n) is 5.01. The minimum atomic E-state index is 0.132. The number of carbonyl (C=O) groups is 1. The SMILES string of the molecule is CN(C)C(=O)N1CCC2(CC1)CN(Cc1cc3nc(Cl)nc(N4CCOCC4)c3s1)C2. The Hall–Kier alpha value is -1.68. The molecule has 3 saturated heterocycles. The van der Waals surface area contributed by atoms with Gasteiger partial charge in [-0.25, -0.2) is 9.78 Å². The van der Waals surface area contributed by atoms with Gasteiger partial charge in [0, 0.05) is 64.8 Å². The number of urea groups is 1. The van der Waals surface area contributed by atoms with Gasteiger partial charge in [0.05, 0.1) is 23.4 Å². The zero-order chi connectivity index (χ0) is 21.6. The van der Waals surface area contributed by atoms with Crippen LogP contribution in [0, 0.1) is 5.41 Å². The van der Waals surface area contributed by atoms with Crippen LogP contribution in [0.1, 0.15) is 17.7 Å². The molecule has 168 valence electrons. The average molecular weight is 465 g/mol. The fraction of sp³-hybridized carbons (Fsp3) is 0.667. The van der Waals surface area contributed by atoms with Crippen molar-refractivity contribution >= 4 is 45.0 Å². The number of thiophene rings is 1. The Labute approximate surface area is 191 Å². The second kappa shape index (κ2) is 8.35. The van der Waals surface area contributed by atoms with Gasteiger partial charge in [0.15, 0.2) is 5.82 Å². The highest BCUT2D eigenvalue weighted by molar-refractivity contribution is 7.19. The number of aromatic nitrogens is 2. The topological polar surface area (TPSA) is 65.0 Å². The standard InChI is InChI=1S/C21H29ClN6O2S/c1-25(2)20(29)28-5-3-21(4-6-28)13-26(14-21)12-15-11-16-17(31-15)18(24-19(22)23-16)27-7-9-30-10-8-27/h11H,3-10,12-14H2,1-2H3. The summed E-state index contributed by atoms with van der Waals surface area (Å²) in [6, 6.07) is 2.30. The molecule has 5 rings (SSSR count). The van der Waals surface area contributed by atoms with Gasteiger partial charge in [-0.3, -0.25) is 4.90 Å². The summed E-state index contributed by atoms with van der Waals surface area (Å²) < 4.78 is 6.60. The van der Waals surface area contributed by atoms with Crippen LogP contribution in [0.4, 0.5) is 10.6 Å². The third kappa shape index (κ3) is 4.20. The summed E-state index contributed by atoms with van der Waals surface area (Å²) in [6.07, 6.45) is 2.19.